The Hall–Kier alpha value is -2.16. The van der Waals surface area contributed by atoms with Gasteiger partial charge in [0.15, 0.2) is 17.8 Å². The minimum atomic E-state index is -1.09. The van der Waals surface area contributed by atoms with E-state index in [4.69, 9.17) is 4.74 Å². The highest BCUT2D eigenvalue weighted by molar-refractivity contribution is 9.10. The summed E-state index contributed by atoms with van der Waals surface area (Å²) in [4.78, 5) is 17.1. The van der Waals surface area contributed by atoms with E-state index in [1.165, 1.54) is 19.2 Å². The van der Waals surface area contributed by atoms with Gasteiger partial charge in [0, 0.05) is 6.07 Å². The molecule has 2 heterocycles. The van der Waals surface area contributed by atoms with Crippen LogP contribution in [0, 0.1) is 21.7 Å². The predicted molar refractivity (Wildman–Crippen MR) is 71.8 cm³/mol. The SMILES string of the molecule is C[C@@H](Oc1cc(Br)cnc1[N+](=O)[O-])c1c(F)cncc1F. The quantitative estimate of drug-likeness (QED) is 0.615. The highest BCUT2D eigenvalue weighted by Crippen LogP contribution is 2.32. The molecule has 0 N–H and O–H groups in total. The third-order valence-electron chi connectivity index (χ3n) is 2.57. The second-order valence-corrected chi connectivity index (χ2v) is 4.92. The van der Waals surface area contributed by atoms with Crippen LogP contribution in [0.1, 0.15) is 18.6 Å². The summed E-state index contributed by atoms with van der Waals surface area (Å²) in [6, 6.07) is 1.30. The number of halogens is 3. The van der Waals surface area contributed by atoms with Crippen molar-refractivity contribution in [1.82, 2.24) is 9.97 Å². The molecule has 0 bridgehead atoms. The summed E-state index contributed by atoms with van der Waals surface area (Å²) in [6.45, 7) is 1.37. The number of nitrogens with zero attached hydrogens (tertiary/aromatic N) is 3. The van der Waals surface area contributed by atoms with Crippen molar-refractivity contribution in [2.45, 2.75) is 13.0 Å². The average Bonchev–Trinajstić information content (AvgIpc) is 2.38. The van der Waals surface area contributed by atoms with E-state index in [1.807, 2.05) is 0 Å². The second-order valence-electron chi connectivity index (χ2n) is 4.01. The summed E-state index contributed by atoms with van der Waals surface area (Å²) in [5.74, 6) is -2.53. The molecule has 2 rings (SSSR count). The fourth-order valence-electron chi connectivity index (χ4n) is 1.70. The Balaban J connectivity index is 2.38. The zero-order chi connectivity index (χ0) is 15.6. The zero-order valence-electron chi connectivity index (χ0n) is 10.6. The van der Waals surface area contributed by atoms with Crippen LogP contribution in [-0.4, -0.2) is 14.9 Å². The fraction of sp³-hybridized carbons (Fsp3) is 0.167. The van der Waals surface area contributed by atoms with Crippen molar-refractivity contribution < 1.29 is 18.4 Å². The summed E-state index contributed by atoms with van der Waals surface area (Å²) >= 11 is 3.10. The van der Waals surface area contributed by atoms with Gasteiger partial charge >= 0.3 is 5.82 Å². The molecule has 21 heavy (non-hydrogen) atoms. The van der Waals surface area contributed by atoms with Gasteiger partial charge in [-0.25, -0.2) is 8.78 Å². The molecule has 0 saturated carbocycles. The van der Waals surface area contributed by atoms with Crippen LogP contribution >= 0.6 is 15.9 Å². The van der Waals surface area contributed by atoms with Crippen molar-refractivity contribution in [3.8, 4) is 5.75 Å². The van der Waals surface area contributed by atoms with Gasteiger partial charge in [-0.15, -0.1) is 0 Å². The van der Waals surface area contributed by atoms with Crippen LogP contribution in [0.25, 0.3) is 0 Å². The van der Waals surface area contributed by atoms with E-state index >= 15 is 0 Å². The standard InChI is InChI=1S/C12H8BrF2N3O3/c1-6(11-8(14)4-16-5-9(11)15)21-10-2-7(13)3-17-12(10)18(19)20/h2-6H,1H3/t6-/m1/s1. The molecule has 0 radical (unpaired) electrons. The van der Waals surface area contributed by atoms with Crippen molar-refractivity contribution in [1.29, 1.82) is 0 Å². The molecule has 110 valence electrons. The van der Waals surface area contributed by atoms with E-state index < -0.39 is 28.5 Å². The molecule has 1 atom stereocenters. The molecule has 0 spiro atoms. The van der Waals surface area contributed by atoms with Crippen LogP contribution in [0.4, 0.5) is 14.6 Å². The molecular formula is C12H8BrF2N3O3. The maximum Gasteiger partial charge on any atom is 0.406 e. The Bertz CT molecular complexity index is 679. The zero-order valence-corrected chi connectivity index (χ0v) is 12.2. The minimum Gasteiger partial charge on any atom is -0.478 e. The molecule has 0 aliphatic carbocycles. The first-order valence-electron chi connectivity index (χ1n) is 5.65. The number of aromatic nitrogens is 2. The molecular weight excluding hydrogens is 352 g/mol. The third-order valence-corrected chi connectivity index (χ3v) is 3.01. The normalized spacial score (nSPS) is 12.0. The number of hydrogen-bond acceptors (Lipinski definition) is 5. The predicted octanol–water partition coefficient (Wildman–Crippen LogP) is 3.57. The van der Waals surface area contributed by atoms with Gasteiger partial charge < -0.3 is 14.9 Å². The molecule has 0 amide bonds. The molecule has 0 aromatic carbocycles. The summed E-state index contributed by atoms with van der Waals surface area (Å²) < 4.78 is 32.9. The first-order valence-corrected chi connectivity index (χ1v) is 6.45. The highest BCUT2D eigenvalue weighted by Gasteiger charge is 2.23. The van der Waals surface area contributed by atoms with Crippen molar-refractivity contribution in [3.63, 3.8) is 0 Å². The number of nitro groups is 1. The maximum atomic E-state index is 13.6. The lowest BCUT2D eigenvalue weighted by molar-refractivity contribution is -0.390. The van der Waals surface area contributed by atoms with E-state index in [9.17, 15) is 18.9 Å². The Morgan fingerprint density at radius 1 is 1.33 bits per heavy atom. The second kappa shape index (κ2) is 6.08. The van der Waals surface area contributed by atoms with E-state index in [0.717, 1.165) is 12.4 Å². The molecule has 0 aliphatic rings. The average molecular weight is 360 g/mol. The van der Waals surface area contributed by atoms with Gasteiger partial charge in [-0.3, -0.25) is 4.98 Å². The van der Waals surface area contributed by atoms with Crippen LogP contribution in [0.5, 0.6) is 5.75 Å². The van der Waals surface area contributed by atoms with Crippen LogP contribution in [0.2, 0.25) is 0 Å². The Kier molecular flexibility index (Phi) is 4.41. The van der Waals surface area contributed by atoms with Crippen molar-refractivity contribution in [2.75, 3.05) is 0 Å². The van der Waals surface area contributed by atoms with Crippen molar-refractivity contribution in [3.05, 3.63) is 56.4 Å². The summed E-state index contributed by atoms with van der Waals surface area (Å²) in [5, 5.41) is 10.9. The first kappa shape index (κ1) is 15.2. The van der Waals surface area contributed by atoms with Gasteiger partial charge in [0.25, 0.3) is 0 Å². The molecule has 2 aromatic heterocycles. The Labute approximate surface area is 126 Å². The molecule has 0 aliphatic heterocycles. The van der Waals surface area contributed by atoms with E-state index in [0.29, 0.717) is 4.47 Å². The minimum absolute atomic E-state index is 0.197. The van der Waals surface area contributed by atoms with E-state index in [-0.39, 0.29) is 11.3 Å². The maximum absolute atomic E-state index is 13.6. The fourth-order valence-corrected chi connectivity index (χ4v) is 2.01. The largest absolute Gasteiger partial charge is 0.478 e. The monoisotopic (exact) mass is 359 g/mol. The topological polar surface area (TPSA) is 78.2 Å². The molecule has 2 aromatic rings. The van der Waals surface area contributed by atoms with Gasteiger partial charge in [0.05, 0.1) is 22.4 Å². The van der Waals surface area contributed by atoms with E-state index in [2.05, 4.69) is 25.9 Å². The summed E-state index contributed by atoms with van der Waals surface area (Å²) in [5.41, 5.74) is -0.362. The smallest absolute Gasteiger partial charge is 0.406 e. The molecule has 6 nitrogen and oxygen atoms in total. The number of hydrogen-bond donors (Lipinski definition) is 0. The Morgan fingerprint density at radius 3 is 2.52 bits per heavy atom. The van der Waals surface area contributed by atoms with Gasteiger partial charge in [-0.1, -0.05) is 0 Å². The summed E-state index contributed by atoms with van der Waals surface area (Å²) in [7, 11) is 0. The van der Waals surface area contributed by atoms with Crippen LogP contribution < -0.4 is 4.74 Å². The molecule has 0 saturated heterocycles. The number of pyridine rings is 2. The number of ether oxygens (including phenoxy) is 1. The van der Waals surface area contributed by atoms with Crippen LogP contribution in [-0.2, 0) is 0 Å². The first-order chi connectivity index (χ1) is 9.90. The lowest BCUT2D eigenvalue weighted by Gasteiger charge is -2.15. The molecule has 9 heteroatoms. The van der Waals surface area contributed by atoms with Crippen molar-refractivity contribution >= 4 is 21.7 Å². The van der Waals surface area contributed by atoms with Gasteiger partial charge in [0.2, 0.25) is 5.75 Å². The molecule has 0 unspecified atom stereocenters. The Morgan fingerprint density at radius 2 is 1.95 bits per heavy atom. The van der Waals surface area contributed by atoms with Gasteiger partial charge in [-0.2, -0.15) is 0 Å². The van der Waals surface area contributed by atoms with Crippen LogP contribution in [0.3, 0.4) is 0 Å². The van der Waals surface area contributed by atoms with Crippen molar-refractivity contribution in [2.24, 2.45) is 0 Å². The lowest BCUT2D eigenvalue weighted by Crippen LogP contribution is -2.10. The van der Waals surface area contributed by atoms with E-state index in [1.54, 1.807) is 0 Å². The van der Waals surface area contributed by atoms with Gasteiger partial charge in [-0.05, 0) is 32.8 Å². The molecule has 0 fully saturated rings. The third kappa shape index (κ3) is 3.30. The van der Waals surface area contributed by atoms with Crippen LogP contribution in [0.15, 0.2) is 29.1 Å². The van der Waals surface area contributed by atoms with Gasteiger partial charge in [0.1, 0.15) is 6.10 Å². The summed E-state index contributed by atoms with van der Waals surface area (Å²) in [6.07, 6.45) is 1.81. The lowest BCUT2D eigenvalue weighted by atomic mass is 10.1. The number of rotatable bonds is 4. The highest BCUT2D eigenvalue weighted by atomic mass is 79.9.